The van der Waals surface area contributed by atoms with Crippen LogP contribution in [-0.4, -0.2) is 61.0 Å². The number of alkyl halides is 3. The van der Waals surface area contributed by atoms with Crippen molar-refractivity contribution in [2.24, 2.45) is 0 Å². The largest absolute Gasteiger partial charge is 0.406 e. The molecule has 2 rings (SSSR count). The van der Waals surface area contributed by atoms with Gasteiger partial charge in [-0.25, -0.2) is 0 Å². The summed E-state index contributed by atoms with van der Waals surface area (Å²) in [6.45, 7) is -1.17. The van der Waals surface area contributed by atoms with Crippen LogP contribution in [0.3, 0.4) is 0 Å². The first kappa shape index (κ1) is 18.1. The Morgan fingerprint density at radius 3 is 2.62 bits per heavy atom. The number of nitrogens with one attached hydrogen (secondary N) is 1. The maximum atomic E-state index is 12.5. The standard InChI is InChI=1S/C16H20F3N3O2/c1-21(2)14(23)9-11-5-3-4-6-12(11)20-13-7-8-22(15(13)24)10-16(17,18)19/h3-6,13,20H,7-10H2,1-2H3/t13-/m1/s1. The quantitative estimate of drug-likeness (QED) is 0.888. The number of carbonyl (C=O) groups is 2. The number of amides is 2. The van der Waals surface area contributed by atoms with E-state index in [1.807, 2.05) is 0 Å². The van der Waals surface area contributed by atoms with Crippen molar-refractivity contribution in [2.75, 3.05) is 32.5 Å². The van der Waals surface area contributed by atoms with E-state index in [0.29, 0.717) is 17.7 Å². The zero-order chi connectivity index (χ0) is 17.9. The highest BCUT2D eigenvalue weighted by Crippen LogP contribution is 2.24. The summed E-state index contributed by atoms with van der Waals surface area (Å²) in [6.07, 6.45) is -3.95. The maximum absolute atomic E-state index is 12.5. The molecule has 1 aromatic carbocycles. The molecule has 5 nitrogen and oxygen atoms in total. The van der Waals surface area contributed by atoms with Gasteiger partial charge >= 0.3 is 6.18 Å². The van der Waals surface area contributed by atoms with Crippen molar-refractivity contribution in [3.63, 3.8) is 0 Å². The molecule has 0 radical (unpaired) electrons. The van der Waals surface area contributed by atoms with Crippen molar-refractivity contribution in [1.29, 1.82) is 0 Å². The first-order chi connectivity index (χ1) is 11.2. The second-order valence-electron chi connectivity index (χ2n) is 5.98. The molecule has 2 amide bonds. The Hall–Kier alpha value is -2.25. The molecule has 1 atom stereocenters. The third-order valence-electron chi connectivity index (χ3n) is 3.86. The molecule has 1 fully saturated rings. The fraction of sp³-hybridized carbons (Fsp3) is 0.500. The van der Waals surface area contributed by atoms with Crippen LogP contribution in [0.5, 0.6) is 0 Å². The van der Waals surface area contributed by atoms with Crippen molar-refractivity contribution in [2.45, 2.75) is 25.1 Å². The zero-order valence-electron chi connectivity index (χ0n) is 13.6. The lowest BCUT2D eigenvalue weighted by atomic mass is 10.1. The number of para-hydroxylation sites is 1. The Bertz CT molecular complexity index is 617. The van der Waals surface area contributed by atoms with E-state index in [9.17, 15) is 22.8 Å². The van der Waals surface area contributed by atoms with Gasteiger partial charge in [0, 0.05) is 26.3 Å². The summed E-state index contributed by atoms with van der Waals surface area (Å²) >= 11 is 0. The van der Waals surface area contributed by atoms with Gasteiger partial charge in [0.25, 0.3) is 0 Å². The van der Waals surface area contributed by atoms with E-state index < -0.39 is 24.7 Å². The van der Waals surface area contributed by atoms with Crippen LogP contribution in [-0.2, 0) is 16.0 Å². The minimum Gasteiger partial charge on any atom is -0.373 e. The molecule has 132 valence electrons. The van der Waals surface area contributed by atoms with Gasteiger partial charge in [-0.15, -0.1) is 0 Å². The lowest BCUT2D eigenvalue weighted by Gasteiger charge is -2.20. The van der Waals surface area contributed by atoms with Gasteiger partial charge in [-0.2, -0.15) is 13.2 Å². The molecule has 0 aromatic heterocycles. The molecule has 1 N–H and O–H groups in total. The maximum Gasteiger partial charge on any atom is 0.406 e. The van der Waals surface area contributed by atoms with Gasteiger partial charge in [-0.1, -0.05) is 18.2 Å². The first-order valence-corrected chi connectivity index (χ1v) is 7.57. The molecule has 0 aliphatic carbocycles. The molecule has 1 aliphatic heterocycles. The highest BCUT2D eigenvalue weighted by atomic mass is 19.4. The SMILES string of the molecule is CN(C)C(=O)Cc1ccccc1N[C@@H]1CCN(CC(F)(F)F)C1=O. The Balaban J connectivity index is 2.07. The van der Waals surface area contributed by atoms with Crippen molar-refractivity contribution in [3.05, 3.63) is 29.8 Å². The Kier molecular flexibility index (Phi) is 5.36. The van der Waals surface area contributed by atoms with Crippen molar-refractivity contribution in [3.8, 4) is 0 Å². The fourth-order valence-corrected chi connectivity index (χ4v) is 2.57. The fourth-order valence-electron chi connectivity index (χ4n) is 2.57. The highest BCUT2D eigenvalue weighted by molar-refractivity contribution is 5.87. The summed E-state index contributed by atoms with van der Waals surface area (Å²) in [7, 11) is 3.29. The minimum absolute atomic E-state index is 0.0643. The van der Waals surface area contributed by atoms with Gasteiger partial charge in [-0.3, -0.25) is 9.59 Å². The number of likely N-dealkylation sites (N-methyl/N-ethyl adjacent to an activating group) is 1. The van der Waals surface area contributed by atoms with Gasteiger partial charge in [0.2, 0.25) is 11.8 Å². The van der Waals surface area contributed by atoms with Crippen LogP contribution in [0.15, 0.2) is 24.3 Å². The molecule has 1 aliphatic rings. The van der Waals surface area contributed by atoms with Crippen LogP contribution < -0.4 is 5.32 Å². The van der Waals surface area contributed by atoms with Crippen LogP contribution >= 0.6 is 0 Å². The van der Waals surface area contributed by atoms with E-state index >= 15 is 0 Å². The lowest BCUT2D eigenvalue weighted by molar-refractivity contribution is -0.157. The van der Waals surface area contributed by atoms with E-state index in [-0.39, 0.29) is 18.9 Å². The van der Waals surface area contributed by atoms with E-state index in [0.717, 1.165) is 4.90 Å². The molecule has 0 saturated carbocycles. The van der Waals surface area contributed by atoms with Crippen LogP contribution in [0.4, 0.5) is 18.9 Å². The number of hydrogen-bond donors (Lipinski definition) is 1. The number of carbonyl (C=O) groups excluding carboxylic acids is 2. The average Bonchev–Trinajstić information content (AvgIpc) is 2.80. The summed E-state index contributed by atoms with van der Waals surface area (Å²) < 4.78 is 37.4. The van der Waals surface area contributed by atoms with Gasteiger partial charge in [0.15, 0.2) is 0 Å². The number of likely N-dealkylation sites (tertiary alicyclic amines) is 1. The molecule has 1 saturated heterocycles. The molecular weight excluding hydrogens is 323 g/mol. The first-order valence-electron chi connectivity index (χ1n) is 7.57. The van der Waals surface area contributed by atoms with Crippen molar-refractivity contribution in [1.82, 2.24) is 9.80 Å². The van der Waals surface area contributed by atoms with Gasteiger partial charge < -0.3 is 15.1 Å². The topological polar surface area (TPSA) is 52.7 Å². The number of benzene rings is 1. The van der Waals surface area contributed by atoms with Crippen LogP contribution in [0.2, 0.25) is 0 Å². The van der Waals surface area contributed by atoms with E-state index in [4.69, 9.17) is 0 Å². The highest BCUT2D eigenvalue weighted by Gasteiger charge is 2.39. The van der Waals surface area contributed by atoms with E-state index in [2.05, 4.69) is 5.32 Å². The summed E-state index contributed by atoms with van der Waals surface area (Å²) in [5.41, 5.74) is 1.30. The van der Waals surface area contributed by atoms with Crippen LogP contribution in [0.1, 0.15) is 12.0 Å². The number of nitrogens with zero attached hydrogens (tertiary/aromatic N) is 2. The molecule has 1 aromatic rings. The monoisotopic (exact) mass is 343 g/mol. The van der Waals surface area contributed by atoms with Gasteiger partial charge in [-0.05, 0) is 18.1 Å². The molecule has 0 spiro atoms. The van der Waals surface area contributed by atoms with Crippen molar-refractivity contribution >= 4 is 17.5 Å². The summed E-state index contributed by atoms with van der Waals surface area (Å²) in [5.74, 6) is -0.665. The second kappa shape index (κ2) is 7.11. The number of hydrogen-bond acceptors (Lipinski definition) is 3. The average molecular weight is 343 g/mol. The molecule has 0 unspecified atom stereocenters. The van der Waals surface area contributed by atoms with Crippen molar-refractivity contribution < 1.29 is 22.8 Å². The smallest absolute Gasteiger partial charge is 0.373 e. The Labute approximate surface area is 138 Å². The molecule has 0 bridgehead atoms. The molecule has 8 heteroatoms. The zero-order valence-corrected chi connectivity index (χ0v) is 13.6. The number of halogens is 3. The predicted molar refractivity (Wildman–Crippen MR) is 83.5 cm³/mol. The third kappa shape index (κ3) is 4.62. The van der Waals surface area contributed by atoms with Gasteiger partial charge in [0.1, 0.15) is 12.6 Å². The number of rotatable bonds is 5. The third-order valence-corrected chi connectivity index (χ3v) is 3.86. The van der Waals surface area contributed by atoms with Crippen LogP contribution in [0, 0.1) is 0 Å². The van der Waals surface area contributed by atoms with E-state index in [1.165, 1.54) is 4.90 Å². The predicted octanol–water partition coefficient (Wildman–Crippen LogP) is 1.89. The lowest BCUT2D eigenvalue weighted by Crippen LogP contribution is -2.39. The normalized spacial score (nSPS) is 18.0. The molecular formula is C16H20F3N3O2. The van der Waals surface area contributed by atoms with E-state index in [1.54, 1.807) is 38.4 Å². The molecule has 24 heavy (non-hydrogen) atoms. The summed E-state index contributed by atoms with van der Waals surface area (Å²) in [6, 6.07) is 6.30. The number of anilines is 1. The summed E-state index contributed by atoms with van der Waals surface area (Å²) in [4.78, 5) is 26.3. The van der Waals surface area contributed by atoms with Gasteiger partial charge in [0.05, 0.1) is 6.42 Å². The summed E-state index contributed by atoms with van der Waals surface area (Å²) in [5, 5.41) is 2.99. The second-order valence-corrected chi connectivity index (χ2v) is 5.98. The molecule has 1 heterocycles. The Morgan fingerprint density at radius 2 is 2.00 bits per heavy atom. The minimum atomic E-state index is -4.40. The Morgan fingerprint density at radius 1 is 1.33 bits per heavy atom. The van der Waals surface area contributed by atoms with Crippen LogP contribution in [0.25, 0.3) is 0 Å².